The average Bonchev–Trinajstić information content (AvgIpc) is 3.19. The highest BCUT2D eigenvalue weighted by atomic mass is 16.4. The van der Waals surface area contributed by atoms with Crippen molar-refractivity contribution in [3.8, 4) is 0 Å². The second-order valence-electron chi connectivity index (χ2n) is 4.36. The number of hydrogen-bond donors (Lipinski definition) is 2. The molecule has 1 fully saturated rings. The molecule has 0 radical (unpaired) electrons. The Morgan fingerprint density at radius 1 is 1.65 bits per heavy atom. The zero-order chi connectivity index (χ0) is 12.3. The molecule has 0 bridgehead atoms. The molecular weight excluding hydrogens is 216 g/mol. The zero-order valence-electron chi connectivity index (χ0n) is 10.0. The number of nitrogens with zero attached hydrogens (tertiary/aromatic N) is 3. The molecule has 0 spiro atoms. The molecule has 1 heterocycles. The van der Waals surface area contributed by atoms with Crippen molar-refractivity contribution in [2.24, 2.45) is 16.8 Å². The number of pyridine rings is 1. The van der Waals surface area contributed by atoms with Gasteiger partial charge in [-0.25, -0.2) is 0 Å². The van der Waals surface area contributed by atoms with Crippen LogP contribution in [0.25, 0.3) is 0 Å². The van der Waals surface area contributed by atoms with E-state index in [1.54, 1.807) is 18.5 Å². The van der Waals surface area contributed by atoms with Gasteiger partial charge in [0.05, 0.1) is 11.9 Å². The van der Waals surface area contributed by atoms with Gasteiger partial charge in [0, 0.05) is 24.8 Å². The van der Waals surface area contributed by atoms with Gasteiger partial charge in [0.2, 0.25) is 0 Å². The van der Waals surface area contributed by atoms with Crippen LogP contribution in [0.2, 0.25) is 0 Å². The SMILES string of the molecule is CCN(CC1CC1)c1cnccc1/C(N)=N/O. The molecule has 3 N–H and O–H groups in total. The van der Waals surface area contributed by atoms with Gasteiger partial charge < -0.3 is 15.8 Å². The van der Waals surface area contributed by atoms with Crippen LogP contribution >= 0.6 is 0 Å². The monoisotopic (exact) mass is 234 g/mol. The van der Waals surface area contributed by atoms with Gasteiger partial charge in [-0.2, -0.15) is 0 Å². The van der Waals surface area contributed by atoms with Crippen molar-refractivity contribution < 1.29 is 5.21 Å². The van der Waals surface area contributed by atoms with Gasteiger partial charge in [-0.15, -0.1) is 0 Å². The van der Waals surface area contributed by atoms with Crippen LogP contribution in [0.1, 0.15) is 25.3 Å². The fraction of sp³-hybridized carbons (Fsp3) is 0.500. The van der Waals surface area contributed by atoms with E-state index in [4.69, 9.17) is 10.9 Å². The van der Waals surface area contributed by atoms with E-state index in [-0.39, 0.29) is 5.84 Å². The first kappa shape index (κ1) is 11.7. The van der Waals surface area contributed by atoms with E-state index >= 15 is 0 Å². The van der Waals surface area contributed by atoms with Crippen LogP contribution in [-0.4, -0.2) is 29.1 Å². The summed E-state index contributed by atoms with van der Waals surface area (Å²) in [7, 11) is 0. The van der Waals surface area contributed by atoms with Gasteiger partial charge in [-0.3, -0.25) is 4.98 Å². The largest absolute Gasteiger partial charge is 0.409 e. The number of hydrogen-bond acceptors (Lipinski definition) is 4. The molecule has 1 aliphatic rings. The average molecular weight is 234 g/mol. The van der Waals surface area contributed by atoms with Gasteiger partial charge in [0.15, 0.2) is 5.84 Å². The summed E-state index contributed by atoms with van der Waals surface area (Å²) >= 11 is 0. The summed E-state index contributed by atoms with van der Waals surface area (Å²) in [6.45, 7) is 4.02. The topological polar surface area (TPSA) is 74.7 Å². The second-order valence-corrected chi connectivity index (χ2v) is 4.36. The summed E-state index contributed by atoms with van der Waals surface area (Å²) < 4.78 is 0. The third kappa shape index (κ3) is 2.67. The van der Waals surface area contributed by atoms with Crippen LogP contribution in [0.5, 0.6) is 0 Å². The summed E-state index contributed by atoms with van der Waals surface area (Å²) in [5.41, 5.74) is 7.36. The van der Waals surface area contributed by atoms with E-state index in [0.29, 0.717) is 0 Å². The number of anilines is 1. The molecule has 0 amide bonds. The van der Waals surface area contributed by atoms with Crippen LogP contribution in [-0.2, 0) is 0 Å². The van der Waals surface area contributed by atoms with Crippen molar-refractivity contribution in [3.63, 3.8) is 0 Å². The van der Waals surface area contributed by atoms with Crippen LogP contribution < -0.4 is 10.6 Å². The molecule has 0 atom stereocenters. The number of oxime groups is 1. The highest BCUT2D eigenvalue weighted by Crippen LogP contribution is 2.32. The van der Waals surface area contributed by atoms with Crippen LogP contribution in [0, 0.1) is 5.92 Å². The standard InChI is InChI=1S/C12H18N4O/c1-2-16(8-9-3-4-9)11-7-14-6-5-10(11)12(13)15-17/h5-7,9,17H,2-4,8H2,1H3,(H2,13,15). The molecule has 1 aromatic rings. The quantitative estimate of drug-likeness (QED) is 0.349. The third-order valence-corrected chi connectivity index (χ3v) is 3.08. The zero-order valence-corrected chi connectivity index (χ0v) is 10.0. The van der Waals surface area contributed by atoms with Crippen molar-refractivity contribution >= 4 is 11.5 Å². The molecule has 2 rings (SSSR count). The molecule has 0 aliphatic heterocycles. The molecule has 5 nitrogen and oxygen atoms in total. The van der Waals surface area contributed by atoms with E-state index in [1.807, 2.05) is 0 Å². The smallest absolute Gasteiger partial charge is 0.172 e. The molecule has 1 aliphatic carbocycles. The second kappa shape index (κ2) is 5.03. The summed E-state index contributed by atoms with van der Waals surface area (Å²) in [6.07, 6.45) is 6.03. The van der Waals surface area contributed by atoms with Gasteiger partial charge in [-0.05, 0) is 31.7 Å². The molecule has 0 aromatic carbocycles. The first-order valence-electron chi connectivity index (χ1n) is 5.93. The first-order valence-corrected chi connectivity index (χ1v) is 5.93. The van der Waals surface area contributed by atoms with E-state index in [0.717, 1.165) is 30.3 Å². The molecule has 1 aromatic heterocycles. The van der Waals surface area contributed by atoms with E-state index < -0.39 is 0 Å². The van der Waals surface area contributed by atoms with Gasteiger partial charge in [0.25, 0.3) is 0 Å². The molecular formula is C12H18N4O. The van der Waals surface area contributed by atoms with Crippen molar-refractivity contribution in [2.45, 2.75) is 19.8 Å². The Balaban J connectivity index is 2.27. The van der Waals surface area contributed by atoms with E-state index in [9.17, 15) is 0 Å². The van der Waals surface area contributed by atoms with Crippen LogP contribution in [0.4, 0.5) is 5.69 Å². The normalized spacial score (nSPS) is 15.9. The lowest BCUT2D eigenvalue weighted by atomic mass is 10.2. The van der Waals surface area contributed by atoms with Crippen LogP contribution in [0.15, 0.2) is 23.6 Å². The molecule has 92 valence electrons. The minimum atomic E-state index is 0.136. The lowest BCUT2D eigenvalue weighted by Crippen LogP contribution is -2.28. The highest BCUT2D eigenvalue weighted by molar-refractivity contribution is 6.02. The van der Waals surface area contributed by atoms with Crippen molar-refractivity contribution in [1.29, 1.82) is 0 Å². The van der Waals surface area contributed by atoms with Gasteiger partial charge in [0.1, 0.15) is 0 Å². The maximum absolute atomic E-state index is 8.79. The Labute approximate surface area is 101 Å². The minimum absolute atomic E-state index is 0.136. The Morgan fingerprint density at radius 3 is 3.00 bits per heavy atom. The third-order valence-electron chi connectivity index (χ3n) is 3.08. The Morgan fingerprint density at radius 2 is 2.41 bits per heavy atom. The fourth-order valence-electron chi connectivity index (χ4n) is 1.92. The molecule has 0 saturated heterocycles. The number of amidine groups is 1. The predicted octanol–water partition coefficient (Wildman–Crippen LogP) is 1.41. The fourth-order valence-corrected chi connectivity index (χ4v) is 1.92. The Kier molecular flexibility index (Phi) is 3.46. The molecule has 1 saturated carbocycles. The van der Waals surface area contributed by atoms with Crippen LogP contribution in [0.3, 0.4) is 0 Å². The van der Waals surface area contributed by atoms with Gasteiger partial charge in [-0.1, -0.05) is 5.16 Å². The molecule has 17 heavy (non-hydrogen) atoms. The summed E-state index contributed by atoms with van der Waals surface area (Å²) in [5, 5.41) is 11.9. The molecule has 0 unspecified atom stereocenters. The van der Waals surface area contributed by atoms with E-state index in [2.05, 4.69) is 22.0 Å². The van der Waals surface area contributed by atoms with Gasteiger partial charge >= 0.3 is 0 Å². The maximum atomic E-state index is 8.79. The lowest BCUT2D eigenvalue weighted by molar-refractivity contribution is 0.318. The maximum Gasteiger partial charge on any atom is 0.172 e. The van der Waals surface area contributed by atoms with Crippen molar-refractivity contribution in [1.82, 2.24) is 4.98 Å². The summed E-state index contributed by atoms with van der Waals surface area (Å²) in [4.78, 5) is 6.36. The Bertz CT molecular complexity index is 415. The number of aromatic nitrogens is 1. The number of rotatable bonds is 5. The highest BCUT2D eigenvalue weighted by Gasteiger charge is 2.25. The number of nitrogens with two attached hydrogens (primary N) is 1. The van der Waals surface area contributed by atoms with Crippen molar-refractivity contribution in [2.75, 3.05) is 18.0 Å². The van der Waals surface area contributed by atoms with E-state index in [1.165, 1.54) is 12.8 Å². The first-order chi connectivity index (χ1) is 8.26. The lowest BCUT2D eigenvalue weighted by Gasteiger charge is -2.24. The minimum Gasteiger partial charge on any atom is -0.409 e. The van der Waals surface area contributed by atoms with Crippen molar-refractivity contribution in [3.05, 3.63) is 24.0 Å². The molecule has 5 heteroatoms. The summed E-state index contributed by atoms with van der Waals surface area (Å²) in [6, 6.07) is 1.78. The Hall–Kier alpha value is -1.78. The summed E-state index contributed by atoms with van der Waals surface area (Å²) in [5.74, 6) is 0.923. The predicted molar refractivity (Wildman–Crippen MR) is 67.4 cm³/mol.